The lowest BCUT2D eigenvalue weighted by atomic mass is 9.98. The fraction of sp³-hybridized carbons (Fsp3) is 0.308. The fourth-order valence-electron chi connectivity index (χ4n) is 5.08. The third kappa shape index (κ3) is 4.49. The molecule has 1 saturated carbocycles. The zero-order valence-electron chi connectivity index (χ0n) is 19.2. The molecule has 0 spiro atoms. The number of carboxylic acids is 1. The number of hydrogen-bond acceptors (Lipinski definition) is 5. The number of amides is 2. The number of hydrogen-bond donors (Lipinski definition) is 3. The van der Waals surface area contributed by atoms with Crippen LogP contribution in [0, 0.1) is 5.92 Å². The van der Waals surface area contributed by atoms with Crippen molar-refractivity contribution >= 4 is 23.8 Å². The Kier molecular flexibility index (Phi) is 5.98. The molecule has 1 fully saturated rings. The summed E-state index contributed by atoms with van der Waals surface area (Å²) in [6, 6.07) is 17.5. The molecule has 35 heavy (non-hydrogen) atoms. The van der Waals surface area contributed by atoms with Gasteiger partial charge in [0, 0.05) is 25.1 Å². The predicted molar refractivity (Wildman–Crippen MR) is 128 cm³/mol. The molecule has 9 heteroatoms. The van der Waals surface area contributed by atoms with Crippen LogP contribution in [0.4, 0.5) is 10.6 Å². The molecule has 2 aliphatic rings. The van der Waals surface area contributed by atoms with E-state index in [0.29, 0.717) is 19.3 Å². The average Bonchev–Trinajstić information content (AvgIpc) is 3.54. The van der Waals surface area contributed by atoms with Gasteiger partial charge in [-0.25, -0.2) is 4.79 Å². The topological polar surface area (TPSA) is 123 Å². The van der Waals surface area contributed by atoms with Gasteiger partial charge in [-0.05, 0) is 41.5 Å². The first-order valence-electron chi connectivity index (χ1n) is 11.6. The van der Waals surface area contributed by atoms with E-state index in [9.17, 15) is 14.4 Å². The third-order valence-corrected chi connectivity index (χ3v) is 6.80. The quantitative estimate of drug-likeness (QED) is 0.500. The van der Waals surface area contributed by atoms with Crippen LogP contribution in [-0.4, -0.2) is 45.5 Å². The smallest absolute Gasteiger partial charge is 0.412 e. The van der Waals surface area contributed by atoms with Crippen molar-refractivity contribution < 1.29 is 24.2 Å². The largest absolute Gasteiger partial charge is 0.481 e. The molecule has 180 valence electrons. The number of aliphatic carboxylic acids is 1. The summed E-state index contributed by atoms with van der Waals surface area (Å²) < 4.78 is 6.91. The molecule has 5 rings (SSSR count). The Morgan fingerprint density at radius 1 is 1.06 bits per heavy atom. The van der Waals surface area contributed by atoms with Crippen LogP contribution in [0.1, 0.15) is 46.8 Å². The molecular weight excluding hydrogens is 448 g/mol. The average molecular weight is 475 g/mol. The number of anilines is 1. The van der Waals surface area contributed by atoms with Crippen molar-refractivity contribution in [3.63, 3.8) is 0 Å². The lowest BCUT2D eigenvalue weighted by Gasteiger charge is -2.14. The predicted octanol–water partition coefficient (Wildman–Crippen LogP) is 3.76. The van der Waals surface area contributed by atoms with Gasteiger partial charge >= 0.3 is 12.1 Å². The van der Waals surface area contributed by atoms with Gasteiger partial charge in [0.2, 0.25) is 0 Å². The van der Waals surface area contributed by atoms with Gasteiger partial charge in [0.1, 0.15) is 12.3 Å². The molecule has 2 atom stereocenters. The summed E-state index contributed by atoms with van der Waals surface area (Å²) in [5.41, 5.74) is 4.80. The van der Waals surface area contributed by atoms with Crippen LogP contribution in [0.15, 0.2) is 54.6 Å². The maximum absolute atomic E-state index is 12.7. The summed E-state index contributed by atoms with van der Waals surface area (Å²) in [7, 11) is 1.60. The molecular formula is C26H26N4O5. The van der Waals surface area contributed by atoms with Crippen LogP contribution in [0.25, 0.3) is 11.1 Å². The highest BCUT2D eigenvalue weighted by molar-refractivity contribution is 5.94. The molecule has 2 amide bonds. The first-order valence-corrected chi connectivity index (χ1v) is 11.6. The van der Waals surface area contributed by atoms with E-state index in [4.69, 9.17) is 9.84 Å². The second-order valence-corrected chi connectivity index (χ2v) is 9.01. The van der Waals surface area contributed by atoms with Crippen molar-refractivity contribution in [1.29, 1.82) is 0 Å². The molecule has 0 aliphatic heterocycles. The van der Waals surface area contributed by atoms with Crippen molar-refractivity contribution in [1.82, 2.24) is 15.1 Å². The zero-order valence-corrected chi connectivity index (χ0v) is 19.2. The monoisotopic (exact) mass is 474 g/mol. The summed E-state index contributed by atoms with van der Waals surface area (Å²) in [4.78, 5) is 36.3. The fourth-order valence-corrected chi connectivity index (χ4v) is 5.08. The number of aromatic nitrogens is 2. The molecule has 0 radical (unpaired) electrons. The van der Waals surface area contributed by atoms with Crippen molar-refractivity contribution in [3.8, 4) is 11.1 Å². The standard InChI is InChI=1S/C26H26N4O5/c1-30-22(24(31)27-16-11-10-15(12-16)25(32)33)13-23(29-30)28-26(34)35-14-21-19-8-4-2-6-17(19)18-7-3-5-9-20(18)21/h2-9,13,15-16,21H,10-12,14H2,1H3,(H,27,31)(H,32,33)(H,28,29,34)/t15-,16+/m1/s1. The van der Waals surface area contributed by atoms with Crippen molar-refractivity contribution in [3.05, 3.63) is 71.4 Å². The first kappa shape index (κ1) is 22.6. The number of carbonyl (C=O) groups is 3. The molecule has 3 aromatic rings. The Bertz CT molecular complexity index is 1250. The summed E-state index contributed by atoms with van der Waals surface area (Å²) in [5, 5.41) is 18.8. The maximum Gasteiger partial charge on any atom is 0.412 e. The molecule has 0 unspecified atom stereocenters. The van der Waals surface area contributed by atoms with Crippen molar-refractivity contribution in [2.45, 2.75) is 31.2 Å². The number of ether oxygens (including phenoxy) is 1. The van der Waals surface area contributed by atoms with Gasteiger partial charge in [0.15, 0.2) is 5.82 Å². The Hall–Kier alpha value is -4.14. The molecule has 0 bridgehead atoms. The van der Waals surface area contributed by atoms with Gasteiger partial charge in [-0.15, -0.1) is 0 Å². The number of nitrogens with zero attached hydrogens (tertiary/aromatic N) is 2. The number of carbonyl (C=O) groups excluding carboxylic acids is 2. The second-order valence-electron chi connectivity index (χ2n) is 9.01. The number of benzene rings is 2. The number of aryl methyl sites for hydroxylation is 1. The minimum Gasteiger partial charge on any atom is -0.481 e. The van der Waals surface area contributed by atoms with Crippen LogP contribution in [0.2, 0.25) is 0 Å². The molecule has 1 heterocycles. The molecule has 2 aliphatic carbocycles. The highest BCUT2D eigenvalue weighted by Crippen LogP contribution is 2.44. The van der Waals surface area contributed by atoms with E-state index < -0.39 is 18.0 Å². The van der Waals surface area contributed by atoms with Gasteiger partial charge in [0.25, 0.3) is 5.91 Å². The van der Waals surface area contributed by atoms with Gasteiger partial charge in [0.05, 0.1) is 5.92 Å². The number of carboxylic acid groups (broad SMARTS) is 1. The summed E-state index contributed by atoms with van der Waals surface area (Å²) in [5.74, 6) is -1.49. The van der Waals surface area contributed by atoms with Crippen molar-refractivity contribution in [2.75, 3.05) is 11.9 Å². The van der Waals surface area contributed by atoms with Crippen LogP contribution >= 0.6 is 0 Å². The molecule has 9 nitrogen and oxygen atoms in total. The number of fused-ring (bicyclic) bond motifs is 3. The van der Waals surface area contributed by atoms with E-state index >= 15 is 0 Å². The molecule has 2 aromatic carbocycles. The van der Waals surface area contributed by atoms with E-state index in [1.165, 1.54) is 10.7 Å². The summed E-state index contributed by atoms with van der Waals surface area (Å²) in [6.07, 6.45) is 0.909. The van der Waals surface area contributed by atoms with Gasteiger partial charge in [-0.2, -0.15) is 5.10 Å². The highest BCUT2D eigenvalue weighted by Gasteiger charge is 2.32. The lowest BCUT2D eigenvalue weighted by Crippen LogP contribution is -2.34. The minimum atomic E-state index is -0.836. The summed E-state index contributed by atoms with van der Waals surface area (Å²) >= 11 is 0. The van der Waals surface area contributed by atoms with Gasteiger partial charge < -0.3 is 15.2 Å². The van der Waals surface area contributed by atoms with E-state index in [1.807, 2.05) is 36.4 Å². The van der Waals surface area contributed by atoms with Crippen LogP contribution in [-0.2, 0) is 16.6 Å². The number of rotatable bonds is 6. The van der Waals surface area contributed by atoms with Crippen LogP contribution in [0.5, 0.6) is 0 Å². The Balaban J connectivity index is 1.20. The molecule has 0 saturated heterocycles. The van der Waals surface area contributed by atoms with Crippen molar-refractivity contribution in [2.24, 2.45) is 13.0 Å². The zero-order chi connectivity index (χ0) is 24.5. The third-order valence-electron chi connectivity index (χ3n) is 6.80. The second kappa shape index (κ2) is 9.25. The van der Waals surface area contributed by atoms with E-state index in [0.717, 1.165) is 22.3 Å². The maximum atomic E-state index is 12.7. The van der Waals surface area contributed by atoms with E-state index in [-0.39, 0.29) is 36.0 Å². The highest BCUT2D eigenvalue weighted by atomic mass is 16.5. The Morgan fingerprint density at radius 2 is 1.71 bits per heavy atom. The van der Waals surface area contributed by atoms with E-state index in [2.05, 4.69) is 27.9 Å². The number of nitrogens with one attached hydrogen (secondary N) is 2. The minimum absolute atomic E-state index is 0.0562. The van der Waals surface area contributed by atoms with Gasteiger partial charge in [-0.3, -0.25) is 19.6 Å². The van der Waals surface area contributed by atoms with Crippen LogP contribution in [0.3, 0.4) is 0 Å². The lowest BCUT2D eigenvalue weighted by molar-refractivity contribution is -0.141. The summed E-state index contributed by atoms with van der Waals surface area (Å²) in [6.45, 7) is 0.173. The molecule has 1 aromatic heterocycles. The Morgan fingerprint density at radius 3 is 2.34 bits per heavy atom. The molecule has 3 N–H and O–H groups in total. The van der Waals surface area contributed by atoms with Crippen LogP contribution < -0.4 is 10.6 Å². The first-order chi connectivity index (χ1) is 16.9. The normalized spacial score (nSPS) is 18.5. The Labute approximate surface area is 202 Å². The SMILES string of the molecule is Cn1nc(NC(=O)OCC2c3ccccc3-c3ccccc32)cc1C(=O)N[C@H]1CC[C@@H](C(=O)O)C1. The van der Waals surface area contributed by atoms with E-state index in [1.54, 1.807) is 7.05 Å². The van der Waals surface area contributed by atoms with Gasteiger partial charge in [-0.1, -0.05) is 48.5 Å².